The molecule has 146 valence electrons. The molecular formula is C19H21FN6O2. The molecule has 3 aromatic rings. The summed E-state index contributed by atoms with van der Waals surface area (Å²) in [5, 5.41) is 14.5. The van der Waals surface area contributed by atoms with Crippen LogP contribution in [0.15, 0.2) is 24.4 Å². The van der Waals surface area contributed by atoms with Gasteiger partial charge >= 0.3 is 0 Å². The lowest BCUT2D eigenvalue weighted by Gasteiger charge is -2.19. The number of benzene rings is 1. The molecule has 0 fully saturated rings. The van der Waals surface area contributed by atoms with Crippen LogP contribution in [-0.2, 0) is 29.0 Å². The maximum atomic E-state index is 13.4. The van der Waals surface area contributed by atoms with Crippen LogP contribution in [0.1, 0.15) is 31.2 Å². The number of H-pyrrole nitrogens is 1. The first-order valence-electron chi connectivity index (χ1n) is 9.27. The molecule has 8 nitrogen and oxygen atoms in total. The lowest BCUT2D eigenvalue weighted by Crippen LogP contribution is -2.44. The predicted octanol–water partition coefficient (Wildman–Crippen LogP) is 1.92. The van der Waals surface area contributed by atoms with Crippen molar-refractivity contribution in [3.63, 3.8) is 0 Å². The maximum absolute atomic E-state index is 13.4. The molecule has 0 bridgehead atoms. The smallest absolute Gasteiger partial charge is 0.249 e. The van der Waals surface area contributed by atoms with Crippen molar-refractivity contribution in [3.05, 3.63) is 41.6 Å². The van der Waals surface area contributed by atoms with E-state index in [9.17, 15) is 14.0 Å². The number of nitrogens with zero attached hydrogens (tertiary/aromatic N) is 3. The summed E-state index contributed by atoms with van der Waals surface area (Å²) < 4.78 is 15.3. The number of hydrogen-bond donors (Lipinski definition) is 3. The Labute approximate surface area is 160 Å². The molecule has 28 heavy (non-hydrogen) atoms. The van der Waals surface area contributed by atoms with Crippen molar-refractivity contribution in [1.29, 1.82) is 0 Å². The van der Waals surface area contributed by atoms with E-state index < -0.39 is 6.04 Å². The predicted molar refractivity (Wildman–Crippen MR) is 101 cm³/mol. The first-order chi connectivity index (χ1) is 13.5. The number of aromatic amines is 1. The van der Waals surface area contributed by atoms with Gasteiger partial charge in [0.2, 0.25) is 17.8 Å². The van der Waals surface area contributed by atoms with Gasteiger partial charge in [0.05, 0.1) is 0 Å². The molecule has 1 aromatic carbocycles. The second-order valence-electron chi connectivity index (χ2n) is 7.00. The van der Waals surface area contributed by atoms with Crippen molar-refractivity contribution < 1.29 is 14.0 Å². The van der Waals surface area contributed by atoms with Crippen molar-refractivity contribution in [1.82, 2.24) is 25.1 Å². The molecule has 0 saturated heterocycles. The van der Waals surface area contributed by atoms with Crippen LogP contribution in [-0.4, -0.2) is 37.6 Å². The third-order valence-electron chi connectivity index (χ3n) is 4.94. The van der Waals surface area contributed by atoms with Gasteiger partial charge in [-0.1, -0.05) is 0 Å². The Morgan fingerprint density at radius 1 is 1.32 bits per heavy atom. The van der Waals surface area contributed by atoms with E-state index in [1.165, 1.54) is 19.1 Å². The van der Waals surface area contributed by atoms with Crippen LogP contribution in [0.3, 0.4) is 0 Å². The summed E-state index contributed by atoms with van der Waals surface area (Å²) in [6.45, 7) is 2.13. The second-order valence-corrected chi connectivity index (χ2v) is 7.00. The Morgan fingerprint density at radius 3 is 3.00 bits per heavy atom. The molecule has 1 aliphatic rings. The number of fused-ring (bicyclic) bond motifs is 2. The highest BCUT2D eigenvalue weighted by molar-refractivity contribution is 5.96. The minimum absolute atomic E-state index is 0.262. The number of halogens is 1. The summed E-state index contributed by atoms with van der Waals surface area (Å²) in [6.07, 6.45) is 4.89. The van der Waals surface area contributed by atoms with Gasteiger partial charge in [0, 0.05) is 43.4 Å². The normalized spacial score (nSPS) is 14.5. The van der Waals surface area contributed by atoms with Crippen molar-refractivity contribution in [2.24, 2.45) is 0 Å². The molecule has 9 heteroatoms. The molecular weight excluding hydrogens is 363 g/mol. The van der Waals surface area contributed by atoms with Gasteiger partial charge in [-0.25, -0.2) is 4.39 Å². The summed E-state index contributed by atoms with van der Waals surface area (Å²) in [4.78, 5) is 27.5. The summed E-state index contributed by atoms with van der Waals surface area (Å²) in [5.74, 6) is 0.239. The summed E-state index contributed by atoms with van der Waals surface area (Å²) in [6, 6.07) is 3.64. The minimum atomic E-state index is -0.793. The van der Waals surface area contributed by atoms with E-state index in [1.54, 1.807) is 12.3 Å². The fraction of sp³-hybridized carbons (Fsp3) is 0.368. The maximum Gasteiger partial charge on any atom is 0.249 e. The monoisotopic (exact) mass is 384 g/mol. The van der Waals surface area contributed by atoms with Crippen LogP contribution in [0.4, 0.5) is 10.3 Å². The molecule has 0 radical (unpaired) electrons. The minimum Gasteiger partial charge on any atom is -0.361 e. The molecule has 2 amide bonds. The number of aromatic nitrogens is 4. The number of aryl methyl sites for hydroxylation is 1. The van der Waals surface area contributed by atoms with E-state index in [-0.39, 0.29) is 24.1 Å². The Kier molecular flexibility index (Phi) is 4.81. The average molecular weight is 384 g/mol. The molecule has 1 aliphatic heterocycles. The molecule has 0 spiro atoms. The Hall–Kier alpha value is -3.23. The quantitative estimate of drug-likeness (QED) is 0.625. The number of amides is 2. The van der Waals surface area contributed by atoms with Crippen molar-refractivity contribution in [2.45, 2.75) is 45.2 Å². The van der Waals surface area contributed by atoms with Gasteiger partial charge in [0.1, 0.15) is 17.7 Å². The lowest BCUT2D eigenvalue weighted by molar-refractivity contribution is -0.125. The van der Waals surface area contributed by atoms with Crippen LogP contribution in [0.2, 0.25) is 0 Å². The first-order valence-corrected chi connectivity index (χ1v) is 9.27. The SMILES string of the molecule is CC(=O)NC(Cc1c[nH]c2cc(F)ccc12)C(=O)Nc1nnc2n1CCCC2. The number of carbonyl (C=O) groups is 2. The fourth-order valence-corrected chi connectivity index (χ4v) is 3.60. The van der Waals surface area contributed by atoms with Crippen LogP contribution < -0.4 is 10.6 Å². The molecule has 3 heterocycles. The first kappa shape index (κ1) is 18.1. The standard InChI is InChI=1S/C19H21FN6O2/c1-11(27)22-16(8-12-10-21-15-9-13(20)5-6-14(12)15)18(28)23-19-25-24-17-4-2-3-7-26(17)19/h5-6,9-10,16,21H,2-4,7-8H2,1H3,(H,22,27)(H,23,25,28). The highest BCUT2D eigenvalue weighted by Gasteiger charge is 2.24. The van der Waals surface area contributed by atoms with E-state index in [4.69, 9.17) is 0 Å². The van der Waals surface area contributed by atoms with Gasteiger partial charge in [-0.05, 0) is 36.6 Å². The van der Waals surface area contributed by atoms with Gasteiger partial charge in [0.15, 0.2) is 0 Å². The zero-order chi connectivity index (χ0) is 19.7. The largest absolute Gasteiger partial charge is 0.361 e. The van der Waals surface area contributed by atoms with Crippen LogP contribution in [0.25, 0.3) is 10.9 Å². The van der Waals surface area contributed by atoms with E-state index in [0.717, 1.165) is 42.6 Å². The van der Waals surface area contributed by atoms with E-state index in [1.807, 2.05) is 4.57 Å². The fourth-order valence-electron chi connectivity index (χ4n) is 3.60. The van der Waals surface area contributed by atoms with Gasteiger partial charge < -0.3 is 10.3 Å². The number of hydrogen-bond acceptors (Lipinski definition) is 4. The Morgan fingerprint density at radius 2 is 2.18 bits per heavy atom. The molecule has 1 unspecified atom stereocenters. The Bertz CT molecular complexity index is 1040. The summed E-state index contributed by atoms with van der Waals surface area (Å²) in [5.41, 5.74) is 1.45. The third-order valence-corrected chi connectivity index (χ3v) is 4.94. The van der Waals surface area contributed by atoms with Crippen LogP contribution in [0.5, 0.6) is 0 Å². The molecule has 0 saturated carbocycles. The number of rotatable bonds is 5. The van der Waals surface area contributed by atoms with E-state index in [2.05, 4.69) is 25.8 Å². The van der Waals surface area contributed by atoms with E-state index >= 15 is 0 Å². The van der Waals surface area contributed by atoms with Gasteiger partial charge in [-0.3, -0.25) is 19.5 Å². The molecule has 1 atom stereocenters. The lowest BCUT2D eigenvalue weighted by atomic mass is 10.0. The van der Waals surface area contributed by atoms with Crippen LogP contribution in [0, 0.1) is 5.82 Å². The number of anilines is 1. The van der Waals surface area contributed by atoms with Gasteiger partial charge in [-0.15, -0.1) is 10.2 Å². The molecule has 3 N–H and O–H groups in total. The molecule has 4 rings (SSSR count). The summed E-state index contributed by atoms with van der Waals surface area (Å²) in [7, 11) is 0. The van der Waals surface area contributed by atoms with Gasteiger partial charge in [-0.2, -0.15) is 0 Å². The van der Waals surface area contributed by atoms with Crippen LogP contribution >= 0.6 is 0 Å². The van der Waals surface area contributed by atoms with E-state index in [0.29, 0.717) is 11.5 Å². The zero-order valence-corrected chi connectivity index (χ0v) is 15.5. The van der Waals surface area contributed by atoms with Crippen molar-refractivity contribution in [2.75, 3.05) is 5.32 Å². The summed E-state index contributed by atoms with van der Waals surface area (Å²) >= 11 is 0. The number of carbonyl (C=O) groups excluding carboxylic acids is 2. The highest BCUT2D eigenvalue weighted by Crippen LogP contribution is 2.21. The zero-order valence-electron chi connectivity index (χ0n) is 15.5. The van der Waals surface area contributed by atoms with Gasteiger partial charge in [0.25, 0.3) is 0 Å². The molecule has 0 aliphatic carbocycles. The number of nitrogens with one attached hydrogen (secondary N) is 3. The topological polar surface area (TPSA) is 105 Å². The van der Waals surface area contributed by atoms with Crippen molar-refractivity contribution >= 4 is 28.7 Å². The average Bonchev–Trinajstić information content (AvgIpc) is 3.25. The highest BCUT2D eigenvalue weighted by atomic mass is 19.1. The third kappa shape index (κ3) is 3.60. The van der Waals surface area contributed by atoms with Crippen molar-refractivity contribution in [3.8, 4) is 0 Å². The molecule has 2 aromatic heterocycles. The second kappa shape index (κ2) is 7.41. The Balaban J connectivity index is 1.56.